The second kappa shape index (κ2) is 9.24. The zero-order chi connectivity index (χ0) is 23.5. The van der Waals surface area contributed by atoms with Crippen molar-refractivity contribution >= 4 is 23.9 Å². The minimum absolute atomic E-state index is 0.0124. The van der Waals surface area contributed by atoms with Gasteiger partial charge in [-0.15, -0.1) is 0 Å². The Morgan fingerprint density at radius 1 is 0.970 bits per heavy atom. The highest BCUT2D eigenvalue weighted by atomic mass is 16.5. The van der Waals surface area contributed by atoms with Crippen molar-refractivity contribution in [3.63, 3.8) is 0 Å². The fourth-order valence-corrected chi connectivity index (χ4v) is 3.85. The molecule has 2 heterocycles. The molecule has 0 bridgehead atoms. The average molecular weight is 444 g/mol. The van der Waals surface area contributed by atoms with Gasteiger partial charge in [-0.25, -0.2) is 4.79 Å². The number of carbonyl (C=O) groups excluding carboxylic acids is 3. The summed E-state index contributed by atoms with van der Waals surface area (Å²) < 4.78 is 7.13. The molecule has 0 aliphatic carbocycles. The Morgan fingerprint density at radius 3 is 2.24 bits per heavy atom. The number of rotatable bonds is 7. The number of esters is 1. The lowest BCUT2D eigenvalue weighted by Gasteiger charge is -2.13. The quantitative estimate of drug-likeness (QED) is 0.316. The van der Waals surface area contributed by atoms with E-state index >= 15 is 0 Å². The number of aryl methyl sites for hydroxylation is 2. The molecule has 2 aromatic carbocycles. The number of aromatic nitrogens is 2. The molecule has 7 heteroatoms. The summed E-state index contributed by atoms with van der Waals surface area (Å²) in [5, 5.41) is 4.59. The first-order valence-corrected chi connectivity index (χ1v) is 10.7. The maximum atomic E-state index is 12.4. The van der Waals surface area contributed by atoms with Gasteiger partial charge in [0.25, 0.3) is 11.8 Å². The predicted octanol–water partition coefficient (Wildman–Crippen LogP) is 3.71. The highest BCUT2D eigenvalue weighted by molar-refractivity contribution is 6.21. The van der Waals surface area contributed by atoms with Crippen LogP contribution in [0.25, 0.3) is 6.08 Å². The molecule has 4 rings (SSSR count). The van der Waals surface area contributed by atoms with Crippen molar-refractivity contribution in [2.24, 2.45) is 0 Å². The zero-order valence-corrected chi connectivity index (χ0v) is 18.9. The van der Waals surface area contributed by atoms with Crippen LogP contribution in [0.3, 0.4) is 0 Å². The summed E-state index contributed by atoms with van der Waals surface area (Å²) in [6, 6.07) is 15.0. The summed E-state index contributed by atoms with van der Waals surface area (Å²) in [7, 11) is 0. The molecule has 0 unspecified atom stereocenters. The molecule has 0 saturated carbocycles. The first-order chi connectivity index (χ1) is 15.8. The third-order valence-electron chi connectivity index (χ3n) is 5.71. The van der Waals surface area contributed by atoms with Crippen LogP contribution in [0.2, 0.25) is 0 Å². The molecule has 3 aromatic rings. The molecule has 1 aliphatic rings. The van der Waals surface area contributed by atoms with Gasteiger partial charge in [-0.1, -0.05) is 42.0 Å². The van der Waals surface area contributed by atoms with E-state index in [1.165, 1.54) is 11.6 Å². The van der Waals surface area contributed by atoms with Gasteiger partial charge in [-0.05, 0) is 44.5 Å². The average Bonchev–Trinajstić information content (AvgIpc) is 3.21. The van der Waals surface area contributed by atoms with Gasteiger partial charge in [0.2, 0.25) is 0 Å². The molecule has 7 nitrogen and oxygen atoms in total. The van der Waals surface area contributed by atoms with Gasteiger partial charge in [-0.2, -0.15) is 5.10 Å². The summed E-state index contributed by atoms with van der Waals surface area (Å²) in [4.78, 5) is 38.0. The van der Waals surface area contributed by atoms with Crippen LogP contribution < -0.4 is 0 Å². The topological polar surface area (TPSA) is 81.5 Å². The first-order valence-electron chi connectivity index (χ1n) is 10.7. The second-order valence-corrected chi connectivity index (χ2v) is 8.04. The summed E-state index contributed by atoms with van der Waals surface area (Å²) in [6.45, 7) is 6.49. The molecule has 168 valence electrons. The molecule has 0 saturated heterocycles. The lowest BCUT2D eigenvalue weighted by molar-refractivity contribution is -0.137. The number of carbonyl (C=O) groups is 3. The Bertz CT molecular complexity index is 1220. The van der Waals surface area contributed by atoms with Gasteiger partial charge in [-0.3, -0.25) is 19.2 Å². The van der Waals surface area contributed by atoms with E-state index in [9.17, 15) is 14.4 Å². The summed E-state index contributed by atoms with van der Waals surface area (Å²) in [6.07, 6.45) is 3.03. The highest BCUT2D eigenvalue weighted by Gasteiger charge is 2.34. The van der Waals surface area contributed by atoms with Gasteiger partial charge in [0.1, 0.15) is 6.61 Å². The van der Waals surface area contributed by atoms with Gasteiger partial charge < -0.3 is 4.74 Å². The summed E-state index contributed by atoms with van der Waals surface area (Å²) in [5.74, 6) is -1.28. The molecule has 0 spiro atoms. The monoisotopic (exact) mass is 443 g/mol. The van der Waals surface area contributed by atoms with Crippen LogP contribution in [0.1, 0.15) is 48.8 Å². The number of hydrogen-bond acceptors (Lipinski definition) is 5. The lowest BCUT2D eigenvalue weighted by atomic mass is 10.1. The molecule has 2 amide bonds. The first kappa shape index (κ1) is 22.2. The van der Waals surface area contributed by atoms with Crippen molar-refractivity contribution in [3.05, 3.63) is 93.8 Å². The van der Waals surface area contributed by atoms with Crippen LogP contribution in [0.15, 0.2) is 54.6 Å². The van der Waals surface area contributed by atoms with E-state index in [1.54, 1.807) is 30.3 Å². The number of fused-ring (bicyclic) bond motifs is 1. The van der Waals surface area contributed by atoms with E-state index in [0.717, 1.165) is 27.4 Å². The van der Waals surface area contributed by atoms with E-state index < -0.39 is 5.97 Å². The molecule has 0 N–H and O–H groups in total. The van der Waals surface area contributed by atoms with Crippen LogP contribution in [0.5, 0.6) is 0 Å². The minimum Gasteiger partial charge on any atom is -0.461 e. The van der Waals surface area contributed by atoms with Gasteiger partial charge in [0, 0.05) is 17.3 Å². The second-order valence-electron chi connectivity index (χ2n) is 8.04. The Balaban J connectivity index is 1.34. The third kappa shape index (κ3) is 4.62. The predicted molar refractivity (Wildman–Crippen MR) is 124 cm³/mol. The number of imide groups is 1. The molecule has 33 heavy (non-hydrogen) atoms. The third-order valence-corrected chi connectivity index (χ3v) is 5.71. The maximum absolute atomic E-state index is 12.4. The number of nitrogens with zero attached hydrogens (tertiary/aromatic N) is 3. The Morgan fingerprint density at radius 2 is 1.61 bits per heavy atom. The smallest absolute Gasteiger partial charge is 0.330 e. The Hall–Kier alpha value is -4.00. The molecular formula is C26H25N3O4. The normalized spacial score (nSPS) is 13.1. The Kier molecular flexibility index (Phi) is 6.22. The zero-order valence-electron chi connectivity index (χ0n) is 18.9. The van der Waals surface area contributed by atoms with E-state index in [0.29, 0.717) is 17.7 Å². The minimum atomic E-state index is -0.545. The van der Waals surface area contributed by atoms with E-state index in [-0.39, 0.29) is 25.0 Å². The standard InChI is InChI=1S/C26H25N3O4/c1-17-8-10-20(11-9-17)16-29-19(3)21(18(2)27-29)12-13-24(30)33-15-14-28-25(31)22-6-4-5-7-23(22)26(28)32/h4-13H,14-16H2,1-3H3/b13-12+. The van der Waals surface area contributed by atoms with Gasteiger partial charge in [0.05, 0.1) is 29.9 Å². The molecule has 0 fully saturated rings. The summed E-state index contributed by atoms with van der Waals surface area (Å²) >= 11 is 0. The fourth-order valence-electron chi connectivity index (χ4n) is 3.85. The van der Waals surface area contributed by atoms with E-state index in [2.05, 4.69) is 36.3 Å². The maximum Gasteiger partial charge on any atom is 0.330 e. The van der Waals surface area contributed by atoms with Crippen molar-refractivity contribution in [1.29, 1.82) is 0 Å². The molecule has 1 aliphatic heterocycles. The molecule has 0 radical (unpaired) electrons. The number of hydrogen-bond donors (Lipinski definition) is 0. The molecular weight excluding hydrogens is 418 g/mol. The SMILES string of the molecule is Cc1ccc(Cn2nc(C)c(/C=C/C(=O)OCCN3C(=O)c4ccccc4C3=O)c2C)cc1. The van der Waals surface area contributed by atoms with Crippen molar-refractivity contribution in [2.75, 3.05) is 13.2 Å². The van der Waals surface area contributed by atoms with Crippen molar-refractivity contribution in [2.45, 2.75) is 27.3 Å². The number of ether oxygens (including phenoxy) is 1. The largest absolute Gasteiger partial charge is 0.461 e. The van der Waals surface area contributed by atoms with Gasteiger partial charge in [0.15, 0.2) is 0 Å². The lowest BCUT2D eigenvalue weighted by Crippen LogP contribution is -2.33. The van der Waals surface area contributed by atoms with Gasteiger partial charge >= 0.3 is 5.97 Å². The number of benzene rings is 2. The van der Waals surface area contributed by atoms with E-state index in [1.807, 2.05) is 18.5 Å². The van der Waals surface area contributed by atoms with E-state index in [4.69, 9.17) is 4.74 Å². The van der Waals surface area contributed by atoms with Crippen LogP contribution in [0.4, 0.5) is 0 Å². The van der Waals surface area contributed by atoms with Crippen molar-refractivity contribution in [3.8, 4) is 0 Å². The molecule has 1 aromatic heterocycles. The van der Waals surface area contributed by atoms with Crippen molar-refractivity contribution < 1.29 is 19.1 Å². The summed E-state index contributed by atoms with van der Waals surface area (Å²) in [5.41, 5.74) is 5.73. The van der Waals surface area contributed by atoms with Crippen LogP contribution >= 0.6 is 0 Å². The Labute approximate surface area is 192 Å². The highest BCUT2D eigenvalue weighted by Crippen LogP contribution is 2.22. The van der Waals surface area contributed by atoms with Crippen LogP contribution in [-0.2, 0) is 16.1 Å². The van der Waals surface area contributed by atoms with Crippen LogP contribution in [0, 0.1) is 20.8 Å². The fraction of sp³-hybridized carbons (Fsp3) is 0.231. The number of amides is 2. The van der Waals surface area contributed by atoms with Crippen LogP contribution in [-0.4, -0.2) is 45.6 Å². The van der Waals surface area contributed by atoms with Crippen molar-refractivity contribution in [1.82, 2.24) is 14.7 Å². The molecule has 0 atom stereocenters.